The number of likely N-dealkylation sites (tertiary alicyclic amines) is 1. The maximum absolute atomic E-state index is 12.5. The zero-order valence-corrected chi connectivity index (χ0v) is 13.6. The number of hydrogen-bond acceptors (Lipinski definition) is 3. The summed E-state index contributed by atoms with van der Waals surface area (Å²) in [6.07, 6.45) is 1.54. The average molecular weight is 354 g/mol. The van der Waals surface area contributed by atoms with Crippen molar-refractivity contribution in [1.82, 2.24) is 10.2 Å². The lowest BCUT2D eigenvalue weighted by Gasteiger charge is -2.25. The summed E-state index contributed by atoms with van der Waals surface area (Å²) >= 11 is 3.35. The van der Waals surface area contributed by atoms with Crippen molar-refractivity contribution in [3.05, 3.63) is 34.3 Å². The third-order valence-corrected chi connectivity index (χ3v) is 4.18. The van der Waals surface area contributed by atoms with E-state index in [2.05, 4.69) is 21.2 Å². The van der Waals surface area contributed by atoms with Gasteiger partial charge < -0.3 is 16.0 Å². The van der Waals surface area contributed by atoms with Crippen molar-refractivity contribution in [2.45, 2.75) is 31.8 Å². The number of nitrogens with two attached hydrogens (primary N) is 1. The lowest BCUT2D eigenvalue weighted by molar-refractivity contribution is -0.125. The second-order valence-electron chi connectivity index (χ2n) is 5.31. The molecule has 2 amide bonds. The Hall–Kier alpha value is -1.40. The van der Waals surface area contributed by atoms with Crippen LogP contribution in [0.3, 0.4) is 0 Å². The first-order valence-corrected chi connectivity index (χ1v) is 7.89. The number of carbonyl (C=O) groups is 2. The summed E-state index contributed by atoms with van der Waals surface area (Å²) in [6, 6.07) is 6.71. The second-order valence-corrected chi connectivity index (χ2v) is 6.22. The van der Waals surface area contributed by atoms with Gasteiger partial charge in [-0.05, 0) is 44.0 Å². The van der Waals surface area contributed by atoms with Gasteiger partial charge >= 0.3 is 0 Å². The van der Waals surface area contributed by atoms with E-state index in [0.29, 0.717) is 25.1 Å². The smallest absolute Gasteiger partial charge is 0.254 e. The van der Waals surface area contributed by atoms with Crippen LogP contribution in [0.5, 0.6) is 0 Å². The van der Waals surface area contributed by atoms with E-state index in [-0.39, 0.29) is 17.9 Å². The third kappa shape index (κ3) is 3.83. The molecule has 5 nitrogen and oxygen atoms in total. The van der Waals surface area contributed by atoms with E-state index < -0.39 is 6.04 Å². The number of carbonyl (C=O) groups excluding carboxylic acids is 2. The quantitative estimate of drug-likeness (QED) is 0.861. The van der Waals surface area contributed by atoms with Crippen molar-refractivity contribution in [3.8, 4) is 0 Å². The monoisotopic (exact) mass is 353 g/mol. The van der Waals surface area contributed by atoms with Crippen molar-refractivity contribution in [3.63, 3.8) is 0 Å². The molecule has 1 aromatic rings. The minimum Gasteiger partial charge on any atom is -0.351 e. The summed E-state index contributed by atoms with van der Waals surface area (Å²) < 4.78 is 0.923. The van der Waals surface area contributed by atoms with E-state index in [1.165, 1.54) is 0 Å². The third-order valence-electron chi connectivity index (χ3n) is 3.65. The molecule has 1 saturated heterocycles. The van der Waals surface area contributed by atoms with Gasteiger partial charge in [-0.15, -0.1) is 0 Å². The maximum atomic E-state index is 12.5. The molecule has 2 atom stereocenters. The summed E-state index contributed by atoms with van der Waals surface area (Å²) in [5.41, 5.74) is 6.12. The predicted molar refractivity (Wildman–Crippen MR) is 84.9 cm³/mol. The van der Waals surface area contributed by atoms with Crippen LogP contribution in [0.2, 0.25) is 0 Å². The summed E-state index contributed by atoms with van der Waals surface area (Å²) in [5.74, 6) is -0.212. The minimum absolute atomic E-state index is 0.0808. The molecule has 1 aliphatic rings. The average Bonchev–Trinajstić information content (AvgIpc) is 2.96. The van der Waals surface area contributed by atoms with Crippen LogP contribution in [0.1, 0.15) is 30.1 Å². The summed E-state index contributed by atoms with van der Waals surface area (Å²) in [5, 5.41) is 2.85. The second kappa shape index (κ2) is 7.04. The lowest BCUT2D eigenvalue weighted by Crippen LogP contribution is -2.49. The Balaban J connectivity index is 2.09. The highest BCUT2D eigenvalue weighted by Crippen LogP contribution is 2.21. The van der Waals surface area contributed by atoms with Gasteiger partial charge in [0.1, 0.15) is 6.04 Å². The highest BCUT2D eigenvalue weighted by atomic mass is 79.9. The standard InChI is InChI=1S/C15H20BrN3O2/c1-10(9-17)18-14(20)13-3-2-8-19(13)15(21)11-4-6-12(16)7-5-11/h4-7,10,13H,2-3,8-9,17H2,1H3,(H,18,20)/t10-,13?/m0/s1. The Morgan fingerprint density at radius 3 is 2.71 bits per heavy atom. The molecular formula is C15H20BrN3O2. The summed E-state index contributed by atoms with van der Waals surface area (Å²) in [7, 11) is 0. The van der Waals surface area contributed by atoms with E-state index >= 15 is 0 Å². The molecule has 1 aromatic carbocycles. The SMILES string of the molecule is C[C@@H](CN)NC(=O)C1CCCN1C(=O)c1ccc(Br)cc1. The fraction of sp³-hybridized carbons (Fsp3) is 0.467. The number of hydrogen-bond donors (Lipinski definition) is 2. The van der Waals surface area contributed by atoms with Gasteiger partial charge in [-0.1, -0.05) is 15.9 Å². The minimum atomic E-state index is -0.393. The van der Waals surface area contributed by atoms with Crippen LogP contribution in [0.4, 0.5) is 0 Å². The van der Waals surface area contributed by atoms with Gasteiger partial charge in [-0.25, -0.2) is 0 Å². The lowest BCUT2D eigenvalue weighted by atomic mass is 10.1. The first kappa shape index (κ1) is 16.0. The van der Waals surface area contributed by atoms with E-state index in [4.69, 9.17) is 5.73 Å². The molecule has 1 aliphatic heterocycles. The molecule has 0 radical (unpaired) electrons. The Morgan fingerprint density at radius 2 is 2.10 bits per heavy atom. The van der Waals surface area contributed by atoms with Gasteiger partial charge in [-0.3, -0.25) is 9.59 Å². The molecule has 1 heterocycles. The van der Waals surface area contributed by atoms with Crippen molar-refractivity contribution >= 4 is 27.7 Å². The van der Waals surface area contributed by atoms with Crippen LogP contribution in [0.25, 0.3) is 0 Å². The van der Waals surface area contributed by atoms with Crippen molar-refractivity contribution in [1.29, 1.82) is 0 Å². The van der Waals surface area contributed by atoms with Gasteiger partial charge in [-0.2, -0.15) is 0 Å². The van der Waals surface area contributed by atoms with Crippen molar-refractivity contribution in [2.75, 3.05) is 13.1 Å². The molecule has 1 fully saturated rings. The van der Waals surface area contributed by atoms with Crippen LogP contribution < -0.4 is 11.1 Å². The number of halogens is 1. The van der Waals surface area contributed by atoms with Gasteiger partial charge in [0.05, 0.1) is 0 Å². The highest BCUT2D eigenvalue weighted by molar-refractivity contribution is 9.10. The number of nitrogens with one attached hydrogen (secondary N) is 1. The van der Waals surface area contributed by atoms with Gasteiger partial charge in [0.15, 0.2) is 0 Å². The molecule has 3 N–H and O–H groups in total. The van der Waals surface area contributed by atoms with Gasteiger partial charge in [0.2, 0.25) is 5.91 Å². The molecule has 0 saturated carbocycles. The number of amides is 2. The Labute approximate surface area is 133 Å². The Kier molecular flexibility index (Phi) is 5.36. The van der Waals surface area contributed by atoms with E-state index in [9.17, 15) is 9.59 Å². The van der Waals surface area contributed by atoms with E-state index in [1.54, 1.807) is 17.0 Å². The topological polar surface area (TPSA) is 75.4 Å². The molecule has 6 heteroatoms. The van der Waals surface area contributed by atoms with Crippen LogP contribution in [-0.4, -0.2) is 41.9 Å². The number of benzene rings is 1. The van der Waals surface area contributed by atoms with Crippen molar-refractivity contribution < 1.29 is 9.59 Å². The molecule has 0 aliphatic carbocycles. The first-order valence-electron chi connectivity index (χ1n) is 7.10. The largest absolute Gasteiger partial charge is 0.351 e. The molecule has 21 heavy (non-hydrogen) atoms. The van der Waals surface area contributed by atoms with Gasteiger partial charge in [0.25, 0.3) is 5.91 Å². The number of nitrogens with zero attached hydrogens (tertiary/aromatic N) is 1. The van der Waals surface area contributed by atoms with Crippen LogP contribution in [-0.2, 0) is 4.79 Å². The summed E-state index contributed by atoms with van der Waals surface area (Å²) in [6.45, 7) is 2.86. The normalized spacial score (nSPS) is 19.4. The zero-order valence-electron chi connectivity index (χ0n) is 12.0. The molecule has 1 unspecified atom stereocenters. The fourth-order valence-electron chi connectivity index (χ4n) is 2.44. The van der Waals surface area contributed by atoms with Crippen molar-refractivity contribution in [2.24, 2.45) is 5.73 Å². The Morgan fingerprint density at radius 1 is 1.43 bits per heavy atom. The first-order chi connectivity index (χ1) is 10.0. The summed E-state index contributed by atoms with van der Waals surface area (Å²) in [4.78, 5) is 26.4. The van der Waals surface area contributed by atoms with Crippen LogP contribution in [0.15, 0.2) is 28.7 Å². The Bertz CT molecular complexity index is 518. The molecular weight excluding hydrogens is 334 g/mol. The predicted octanol–water partition coefficient (Wildman–Crippen LogP) is 1.52. The van der Waals surface area contributed by atoms with Crippen LogP contribution >= 0.6 is 15.9 Å². The molecule has 114 valence electrons. The molecule has 0 aromatic heterocycles. The zero-order chi connectivity index (χ0) is 15.4. The van der Waals surface area contributed by atoms with E-state index in [0.717, 1.165) is 10.9 Å². The molecule has 2 rings (SSSR count). The van der Waals surface area contributed by atoms with Crippen LogP contribution in [0, 0.1) is 0 Å². The van der Waals surface area contributed by atoms with Gasteiger partial charge in [0, 0.05) is 29.2 Å². The molecule has 0 bridgehead atoms. The fourth-order valence-corrected chi connectivity index (χ4v) is 2.70. The van der Waals surface area contributed by atoms with E-state index in [1.807, 2.05) is 19.1 Å². The molecule has 0 spiro atoms. The number of rotatable bonds is 4. The highest BCUT2D eigenvalue weighted by Gasteiger charge is 2.34. The maximum Gasteiger partial charge on any atom is 0.254 e.